The zero-order valence-electron chi connectivity index (χ0n) is 9.93. The Morgan fingerprint density at radius 3 is 2.73 bits per heavy atom. The lowest BCUT2D eigenvalue weighted by atomic mass is 10.0. The first-order chi connectivity index (χ1) is 6.99. The van der Waals surface area contributed by atoms with Crippen molar-refractivity contribution in [2.45, 2.75) is 44.8 Å². The van der Waals surface area contributed by atoms with Gasteiger partial charge in [-0.25, -0.2) is 0 Å². The van der Waals surface area contributed by atoms with Crippen molar-refractivity contribution < 1.29 is 4.79 Å². The van der Waals surface area contributed by atoms with Gasteiger partial charge in [0.05, 0.1) is 0 Å². The van der Waals surface area contributed by atoms with Crippen molar-refractivity contribution in [1.29, 1.82) is 0 Å². The number of amides is 1. The van der Waals surface area contributed by atoms with Crippen LogP contribution < -0.4 is 10.0 Å². The van der Waals surface area contributed by atoms with Gasteiger partial charge in [0, 0.05) is 10.7 Å². The zero-order chi connectivity index (χ0) is 11.3. The summed E-state index contributed by atoms with van der Waals surface area (Å²) in [5.41, 5.74) is 0. The topological polar surface area (TPSA) is 41.1 Å². The van der Waals surface area contributed by atoms with Crippen molar-refractivity contribution in [1.82, 2.24) is 10.0 Å². The molecule has 2 N–H and O–H groups in total. The molecule has 0 aliphatic carbocycles. The molecule has 1 fully saturated rings. The van der Waals surface area contributed by atoms with Crippen LogP contribution in [0.2, 0.25) is 0 Å². The monoisotopic (exact) mass is 230 g/mol. The van der Waals surface area contributed by atoms with Gasteiger partial charge in [-0.05, 0) is 65.1 Å². The average Bonchev–Trinajstić information content (AvgIpc) is 2.41. The summed E-state index contributed by atoms with van der Waals surface area (Å²) in [5, 5.41) is 3.32. The van der Waals surface area contributed by atoms with E-state index in [1.807, 2.05) is 0 Å². The highest BCUT2D eigenvalue weighted by Gasteiger charge is 2.21. The van der Waals surface area contributed by atoms with Gasteiger partial charge in [0.25, 0.3) is 0 Å². The average molecular weight is 230 g/mol. The molecule has 0 aromatic carbocycles. The zero-order valence-corrected chi connectivity index (χ0v) is 10.7. The fraction of sp³-hybridized carbons (Fsp3) is 0.909. The Labute approximate surface area is 96.9 Å². The Bertz CT molecular complexity index is 205. The minimum absolute atomic E-state index is 0.0959. The summed E-state index contributed by atoms with van der Waals surface area (Å²) in [6.07, 6.45) is 3.10. The second kappa shape index (κ2) is 5.75. The van der Waals surface area contributed by atoms with Gasteiger partial charge < -0.3 is 5.32 Å². The molecule has 15 heavy (non-hydrogen) atoms. The highest BCUT2D eigenvalue weighted by atomic mass is 32.2. The molecular formula is C11H22N2OS. The SMILES string of the molecule is CC(C)(C)SNC(=O)C1CCCNCC1. The van der Waals surface area contributed by atoms with Gasteiger partial charge in [-0.1, -0.05) is 0 Å². The molecule has 1 heterocycles. The number of hydrogen-bond acceptors (Lipinski definition) is 3. The van der Waals surface area contributed by atoms with Gasteiger partial charge in [-0.15, -0.1) is 0 Å². The molecule has 88 valence electrons. The smallest absolute Gasteiger partial charge is 0.232 e. The maximum atomic E-state index is 11.8. The van der Waals surface area contributed by atoms with Crippen molar-refractivity contribution in [2.24, 2.45) is 5.92 Å². The van der Waals surface area contributed by atoms with Crippen molar-refractivity contribution >= 4 is 17.9 Å². The molecule has 1 unspecified atom stereocenters. The van der Waals surface area contributed by atoms with Crippen LogP contribution in [0.25, 0.3) is 0 Å². The highest BCUT2D eigenvalue weighted by Crippen LogP contribution is 2.21. The third-order valence-electron chi connectivity index (χ3n) is 2.40. The van der Waals surface area contributed by atoms with E-state index in [1.54, 1.807) is 0 Å². The van der Waals surface area contributed by atoms with E-state index in [0.717, 1.165) is 32.4 Å². The van der Waals surface area contributed by atoms with Crippen LogP contribution in [-0.4, -0.2) is 23.7 Å². The summed E-state index contributed by atoms with van der Waals surface area (Å²) in [7, 11) is 0. The normalized spacial score (nSPS) is 23.3. The Kier molecular flexibility index (Phi) is 4.93. The lowest BCUT2D eigenvalue weighted by Crippen LogP contribution is -2.30. The standard InChI is InChI=1S/C11H22N2OS/c1-11(2,3)15-13-10(14)9-5-4-7-12-8-6-9/h9,12H,4-8H2,1-3H3,(H,13,14). The lowest BCUT2D eigenvalue weighted by Gasteiger charge is -2.20. The summed E-state index contributed by atoms with van der Waals surface area (Å²) in [5.74, 6) is 0.411. The number of carbonyl (C=O) groups excluding carboxylic acids is 1. The number of hydrogen-bond donors (Lipinski definition) is 2. The predicted molar refractivity (Wildman–Crippen MR) is 65.7 cm³/mol. The van der Waals surface area contributed by atoms with E-state index in [0.29, 0.717) is 0 Å². The molecule has 0 saturated carbocycles. The number of nitrogens with one attached hydrogen (secondary N) is 2. The molecule has 1 saturated heterocycles. The van der Waals surface area contributed by atoms with E-state index in [4.69, 9.17) is 0 Å². The Morgan fingerprint density at radius 1 is 1.33 bits per heavy atom. The maximum Gasteiger partial charge on any atom is 0.232 e. The fourth-order valence-corrected chi connectivity index (χ4v) is 2.14. The molecule has 0 bridgehead atoms. The molecule has 0 aromatic heterocycles. The molecule has 0 spiro atoms. The van der Waals surface area contributed by atoms with Gasteiger partial charge in [0.1, 0.15) is 0 Å². The van der Waals surface area contributed by atoms with Gasteiger partial charge >= 0.3 is 0 Å². The van der Waals surface area contributed by atoms with E-state index in [-0.39, 0.29) is 16.6 Å². The van der Waals surface area contributed by atoms with Crippen molar-refractivity contribution in [2.75, 3.05) is 13.1 Å². The summed E-state index contributed by atoms with van der Waals surface area (Å²) >= 11 is 1.52. The molecule has 1 rings (SSSR count). The molecule has 1 amide bonds. The minimum atomic E-state index is 0.0959. The van der Waals surface area contributed by atoms with Gasteiger partial charge in [0.2, 0.25) is 5.91 Å². The molecule has 1 atom stereocenters. The van der Waals surface area contributed by atoms with Crippen LogP contribution >= 0.6 is 11.9 Å². The van der Waals surface area contributed by atoms with Crippen LogP contribution in [0.5, 0.6) is 0 Å². The van der Waals surface area contributed by atoms with Crippen LogP contribution in [-0.2, 0) is 4.79 Å². The quantitative estimate of drug-likeness (QED) is 0.712. The van der Waals surface area contributed by atoms with Crippen molar-refractivity contribution in [3.63, 3.8) is 0 Å². The summed E-state index contributed by atoms with van der Waals surface area (Å²) < 4.78 is 3.07. The van der Waals surface area contributed by atoms with E-state index < -0.39 is 0 Å². The first-order valence-corrected chi connectivity index (χ1v) is 6.49. The molecule has 3 nitrogen and oxygen atoms in total. The van der Waals surface area contributed by atoms with Crippen molar-refractivity contribution in [3.8, 4) is 0 Å². The second-order valence-corrected chi connectivity index (χ2v) is 6.69. The number of carbonyl (C=O) groups is 1. The van der Waals surface area contributed by atoms with Gasteiger partial charge in [-0.2, -0.15) is 0 Å². The fourth-order valence-electron chi connectivity index (χ4n) is 1.57. The van der Waals surface area contributed by atoms with Gasteiger partial charge in [-0.3, -0.25) is 9.52 Å². The van der Waals surface area contributed by atoms with E-state index in [9.17, 15) is 4.79 Å². The largest absolute Gasteiger partial charge is 0.317 e. The molecular weight excluding hydrogens is 208 g/mol. The Hall–Kier alpha value is -0.220. The minimum Gasteiger partial charge on any atom is -0.317 e. The third-order valence-corrected chi connectivity index (χ3v) is 3.32. The van der Waals surface area contributed by atoms with Crippen LogP contribution in [0.3, 0.4) is 0 Å². The van der Waals surface area contributed by atoms with Crippen LogP contribution in [0, 0.1) is 5.92 Å². The Morgan fingerprint density at radius 2 is 2.07 bits per heavy atom. The third kappa shape index (κ3) is 5.42. The molecule has 4 heteroatoms. The van der Waals surface area contributed by atoms with E-state index >= 15 is 0 Å². The predicted octanol–water partition coefficient (Wildman–Crippen LogP) is 1.94. The van der Waals surface area contributed by atoms with Crippen LogP contribution in [0.15, 0.2) is 0 Å². The lowest BCUT2D eigenvalue weighted by molar-refractivity contribution is -0.123. The highest BCUT2D eigenvalue weighted by molar-refractivity contribution is 7.99. The van der Waals surface area contributed by atoms with Crippen LogP contribution in [0.1, 0.15) is 40.0 Å². The van der Waals surface area contributed by atoms with Gasteiger partial charge in [0.15, 0.2) is 0 Å². The summed E-state index contributed by atoms with van der Waals surface area (Å²) in [4.78, 5) is 11.8. The molecule has 0 radical (unpaired) electrons. The second-order valence-electron chi connectivity index (χ2n) is 5.06. The molecule has 0 aromatic rings. The summed E-state index contributed by atoms with van der Waals surface area (Å²) in [6, 6.07) is 0. The maximum absolute atomic E-state index is 11.8. The van der Waals surface area contributed by atoms with E-state index in [2.05, 4.69) is 30.8 Å². The summed E-state index contributed by atoms with van der Waals surface area (Å²) in [6.45, 7) is 8.33. The molecule has 1 aliphatic rings. The van der Waals surface area contributed by atoms with E-state index in [1.165, 1.54) is 11.9 Å². The molecule has 1 aliphatic heterocycles. The first-order valence-electron chi connectivity index (χ1n) is 5.67. The van der Waals surface area contributed by atoms with Crippen LogP contribution in [0.4, 0.5) is 0 Å². The number of rotatable bonds is 2. The first kappa shape index (κ1) is 12.8. The van der Waals surface area contributed by atoms with Crippen molar-refractivity contribution in [3.05, 3.63) is 0 Å². The Balaban J connectivity index is 2.32.